The van der Waals surface area contributed by atoms with Crippen LogP contribution in [0.4, 0.5) is 0 Å². The van der Waals surface area contributed by atoms with E-state index < -0.39 is 0 Å². The van der Waals surface area contributed by atoms with Crippen LogP contribution in [0.3, 0.4) is 0 Å². The van der Waals surface area contributed by atoms with Crippen LogP contribution in [0.5, 0.6) is 5.75 Å². The van der Waals surface area contributed by atoms with Gasteiger partial charge in [0.1, 0.15) is 6.61 Å². The van der Waals surface area contributed by atoms with Crippen molar-refractivity contribution in [2.75, 3.05) is 39.5 Å². The Morgan fingerprint density at radius 2 is 1.73 bits per heavy atom. The van der Waals surface area contributed by atoms with Crippen molar-refractivity contribution in [3.8, 4) is 5.75 Å². The Hall–Kier alpha value is -0.520. The maximum atomic E-state index is 6.03. The first kappa shape index (κ1) is 17.8. The van der Waals surface area contributed by atoms with Crippen LogP contribution in [0, 0.1) is 0 Å². The van der Waals surface area contributed by atoms with Crippen LogP contribution in [0.15, 0.2) is 18.2 Å². The minimum atomic E-state index is 0.287. The molecule has 0 aromatic heterocycles. The van der Waals surface area contributed by atoms with Crippen molar-refractivity contribution in [1.29, 1.82) is 0 Å². The van der Waals surface area contributed by atoms with Crippen molar-refractivity contribution in [2.45, 2.75) is 26.1 Å². The normalized spacial score (nSPS) is 22.7. The first-order valence-electron chi connectivity index (χ1n) is 7.58. The van der Waals surface area contributed by atoms with Gasteiger partial charge >= 0.3 is 0 Å². The lowest BCUT2D eigenvalue weighted by Crippen LogP contribution is -2.46. The van der Waals surface area contributed by atoms with Crippen molar-refractivity contribution >= 4 is 23.2 Å². The van der Waals surface area contributed by atoms with Crippen LogP contribution in [0.25, 0.3) is 0 Å². The van der Waals surface area contributed by atoms with E-state index in [9.17, 15) is 0 Å². The van der Waals surface area contributed by atoms with E-state index in [4.69, 9.17) is 37.4 Å². The third-order valence-electron chi connectivity index (χ3n) is 3.44. The molecule has 1 aromatic carbocycles. The van der Waals surface area contributed by atoms with Crippen LogP contribution in [-0.4, -0.2) is 56.6 Å². The molecule has 1 aromatic rings. The molecule has 0 radical (unpaired) electrons. The minimum Gasteiger partial charge on any atom is -0.488 e. The quantitative estimate of drug-likeness (QED) is 0.706. The van der Waals surface area contributed by atoms with E-state index in [1.807, 2.05) is 0 Å². The lowest BCUT2D eigenvalue weighted by Gasteiger charge is -2.35. The van der Waals surface area contributed by atoms with Gasteiger partial charge in [0.2, 0.25) is 0 Å². The Morgan fingerprint density at radius 1 is 1.09 bits per heavy atom. The Morgan fingerprint density at radius 3 is 2.36 bits per heavy atom. The highest BCUT2D eigenvalue weighted by Crippen LogP contribution is 2.32. The van der Waals surface area contributed by atoms with Gasteiger partial charge in [-0.3, -0.25) is 4.90 Å². The van der Waals surface area contributed by atoms with Gasteiger partial charge in [0, 0.05) is 19.6 Å². The second-order valence-corrected chi connectivity index (χ2v) is 6.34. The third-order valence-corrected chi connectivity index (χ3v) is 4.04. The average molecular weight is 348 g/mol. The highest BCUT2D eigenvalue weighted by Gasteiger charge is 2.21. The summed E-state index contributed by atoms with van der Waals surface area (Å²) in [5.74, 6) is 0.519. The molecule has 2 rings (SSSR count). The smallest absolute Gasteiger partial charge is 0.156 e. The highest BCUT2D eigenvalue weighted by molar-refractivity contribution is 6.37. The topological polar surface area (TPSA) is 30.9 Å². The fourth-order valence-corrected chi connectivity index (χ4v) is 3.09. The maximum absolute atomic E-state index is 6.03. The van der Waals surface area contributed by atoms with Crippen LogP contribution in [-0.2, 0) is 9.47 Å². The summed E-state index contributed by atoms with van der Waals surface area (Å²) in [5, 5.41) is 1.03. The zero-order valence-corrected chi connectivity index (χ0v) is 14.6. The van der Waals surface area contributed by atoms with E-state index >= 15 is 0 Å². The Kier molecular flexibility index (Phi) is 7.25. The van der Waals surface area contributed by atoms with Crippen LogP contribution in [0.2, 0.25) is 10.0 Å². The summed E-state index contributed by atoms with van der Waals surface area (Å²) in [6, 6.07) is 5.30. The number of nitrogens with zero attached hydrogens (tertiary/aromatic N) is 1. The number of hydrogen-bond acceptors (Lipinski definition) is 4. The molecule has 1 fully saturated rings. The van der Waals surface area contributed by atoms with Gasteiger partial charge in [-0.25, -0.2) is 0 Å². The summed E-state index contributed by atoms with van der Waals surface area (Å²) in [6.45, 7) is 8.65. The summed E-state index contributed by atoms with van der Waals surface area (Å²) in [4.78, 5) is 2.37. The molecular weight excluding hydrogens is 325 g/mol. The Bertz CT molecular complexity index is 442. The standard InChI is InChI=1S/C16H23Cl2NO3/c1-12-10-19(11-13(2)22-12)6-7-20-8-9-21-16-14(17)4-3-5-15(16)18/h3-5,12-13H,6-11H2,1-2H3/t12-,13-/m1/s1. The van der Waals surface area contributed by atoms with Gasteiger partial charge in [-0.05, 0) is 26.0 Å². The molecule has 1 saturated heterocycles. The lowest BCUT2D eigenvalue weighted by molar-refractivity contribution is -0.0734. The van der Waals surface area contributed by atoms with Gasteiger partial charge in [0.05, 0.1) is 35.5 Å². The minimum absolute atomic E-state index is 0.287. The Labute approximate surface area is 142 Å². The average Bonchev–Trinajstić information content (AvgIpc) is 2.44. The molecule has 1 aliphatic heterocycles. The van der Waals surface area contributed by atoms with Gasteiger partial charge in [-0.15, -0.1) is 0 Å². The molecular formula is C16H23Cl2NO3. The molecule has 1 aliphatic rings. The first-order chi connectivity index (χ1) is 10.6. The van der Waals surface area contributed by atoms with Crippen molar-refractivity contribution in [3.05, 3.63) is 28.2 Å². The number of para-hydroxylation sites is 1. The molecule has 6 heteroatoms. The number of ether oxygens (including phenoxy) is 3. The SMILES string of the molecule is C[C@@H]1CN(CCOCCOc2c(Cl)cccc2Cl)C[C@@H](C)O1. The largest absolute Gasteiger partial charge is 0.488 e. The van der Waals surface area contributed by atoms with Crippen molar-refractivity contribution < 1.29 is 14.2 Å². The van der Waals surface area contributed by atoms with E-state index in [0.29, 0.717) is 35.6 Å². The molecule has 0 N–H and O–H groups in total. The van der Waals surface area contributed by atoms with E-state index in [1.165, 1.54) is 0 Å². The van der Waals surface area contributed by atoms with Crippen LogP contribution >= 0.6 is 23.2 Å². The molecule has 1 heterocycles. The molecule has 0 amide bonds. The number of hydrogen-bond donors (Lipinski definition) is 0. The summed E-state index contributed by atoms with van der Waals surface area (Å²) >= 11 is 12.1. The zero-order chi connectivity index (χ0) is 15.9. The predicted molar refractivity (Wildman–Crippen MR) is 89.2 cm³/mol. The van der Waals surface area contributed by atoms with Crippen LogP contribution in [0.1, 0.15) is 13.8 Å². The van der Waals surface area contributed by atoms with E-state index in [2.05, 4.69) is 18.7 Å². The molecule has 2 atom stereocenters. The van der Waals surface area contributed by atoms with Crippen LogP contribution < -0.4 is 4.74 Å². The number of benzene rings is 1. The monoisotopic (exact) mass is 347 g/mol. The van der Waals surface area contributed by atoms with E-state index in [1.54, 1.807) is 18.2 Å². The Balaban J connectivity index is 1.60. The van der Waals surface area contributed by atoms with Crippen molar-refractivity contribution in [2.24, 2.45) is 0 Å². The number of halogens is 2. The van der Waals surface area contributed by atoms with Gasteiger partial charge < -0.3 is 14.2 Å². The van der Waals surface area contributed by atoms with Gasteiger partial charge in [-0.1, -0.05) is 29.3 Å². The second kappa shape index (κ2) is 8.94. The van der Waals surface area contributed by atoms with Gasteiger partial charge in [0.15, 0.2) is 5.75 Å². The zero-order valence-electron chi connectivity index (χ0n) is 13.1. The molecule has 124 valence electrons. The first-order valence-corrected chi connectivity index (χ1v) is 8.34. The number of morpholine rings is 1. The molecule has 22 heavy (non-hydrogen) atoms. The highest BCUT2D eigenvalue weighted by atomic mass is 35.5. The molecule has 0 saturated carbocycles. The fourth-order valence-electron chi connectivity index (χ4n) is 2.59. The predicted octanol–water partition coefficient (Wildman–Crippen LogP) is 3.50. The summed E-state index contributed by atoms with van der Waals surface area (Å²) < 4.78 is 16.9. The summed E-state index contributed by atoms with van der Waals surface area (Å²) in [7, 11) is 0. The van der Waals surface area contributed by atoms with Crippen molar-refractivity contribution in [1.82, 2.24) is 4.90 Å². The maximum Gasteiger partial charge on any atom is 0.156 e. The second-order valence-electron chi connectivity index (χ2n) is 5.53. The summed E-state index contributed by atoms with van der Waals surface area (Å²) in [5.41, 5.74) is 0. The van der Waals surface area contributed by atoms with E-state index in [-0.39, 0.29) is 12.2 Å². The van der Waals surface area contributed by atoms with Crippen molar-refractivity contribution in [3.63, 3.8) is 0 Å². The molecule has 0 bridgehead atoms. The molecule has 0 spiro atoms. The number of rotatable bonds is 7. The summed E-state index contributed by atoms with van der Waals surface area (Å²) in [6.07, 6.45) is 0.573. The van der Waals surface area contributed by atoms with Gasteiger partial charge in [-0.2, -0.15) is 0 Å². The lowest BCUT2D eigenvalue weighted by atomic mass is 10.2. The molecule has 0 unspecified atom stereocenters. The molecule has 4 nitrogen and oxygen atoms in total. The molecule has 0 aliphatic carbocycles. The third kappa shape index (κ3) is 5.60. The van der Waals surface area contributed by atoms with E-state index in [0.717, 1.165) is 19.6 Å². The fraction of sp³-hybridized carbons (Fsp3) is 0.625. The van der Waals surface area contributed by atoms with Gasteiger partial charge in [0.25, 0.3) is 0 Å².